The van der Waals surface area contributed by atoms with Crippen molar-refractivity contribution in [3.8, 4) is 0 Å². The molecule has 0 heterocycles. The molecule has 0 aliphatic rings. The first-order valence-corrected chi connectivity index (χ1v) is 7.25. The van der Waals surface area contributed by atoms with Gasteiger partial charge in [0.05, 0.1) is 27.2 Å². The van der Waals surface area contributed by atoms with Crippen LogP contribution in [0.4, 0.5) is 0 Å². The molecule has 19 heavy (non-hydrogen) atoms. The van der Waals surface area contributed by atoms with Crippen LogP contribution in [-0.4, -0.2) is 78.5 Å². The number of carbonyl (C=O) groups excluding carboxylic acids is 1. The van der Waals surface area contributed by atoms with Crippen molar-refractivity contribution in [3.63, 3.8) is 0 Å². The molecule has 0 spiro atoms. The molecule has 8 nitrogen and oxygen atoms in total. The molecule has 114 valence electrons. The minimum absolute atomic E-state index is 0.00950. The fourth-order valence-electron chi connectivity index (χ4n) is 0.967. The van der Waals surface area contributed by atoms with Crippen molar-refractivity contribution < 1.29 is 38.0 Å². The summed E-state index contributed by atoms with van der Waals surface area (Å²) in [6, 6.07) is 0. The number of likely N-dealkylation sites (N-methyl/N-ethyl adjacent to an activating group) is 1. The van der Waals surface area contributed by atoms with Crippen LogP contribution in [-0.2, 0) is 18.4 Å². The summed E-state index contributed by atoms with van der Waals surface area (Å²) in [6.07, 6.45) is -2.92. The Morgan fingerprint density at radius 1 is 1.26 bits per heavy atom. The van der Waals surface area contributed by atoms with E-state index in [1.807, 2.05) is 21.1 Å². The average Bonchev–Trinajstić information content (AvgIpc) is 2.22. The van der Waals surface area contributed by atoms with Gasteiger partial charge >= 0.3 is 7.82 Å². The number of quaternary nitrogens is 1. The molecule has 0 aromatic rings. The molecule has 0 bridgehead atoms. The summed E-state index contributed by atoms with van der Waals surface area (Å²) in [7, 11) is 1.33. The van der Waals surface area contributed by atoms with Crippen LogP contribution in [0, 0.1) is 0 Å². The van der Waals surface area contributed by atoms with Gasteiger partial charge in [-0.15, -0.1) is 0 Å². The molecule has 0 radical (unpaired) electrons. The molecule has 0 rings (SSSR count). The monoisotopic (exact) mass is 300 g/mol. The van der Waals surface area contributed by atoms with Crippen LogP contribution in [0.2, 0.25) is 0 Å². The van der Waals surface area contributed by atoms with Gasteiger partial charge in [-0.2, -0.15) is 0 Å². The highest BCUT2D eigenvalue weighted by Gasteiger charge is 2.27. The van der Waals surface area contributed by atoms with Crippen LogP contribution < -0.4 is 0 Å². The van der Waals surface area contributed by atoms with Crippen LogP contribution >= 0.6 is 7.82 Å². The molecule has 0 aromatic carbocycles. The lowest BCUT2D eigenvalue weighted by Crippen LogP contribution is -2.37. The maximum Gasteiger partial charge on any atom is 0.472 e. The summed E-state index contributed by atoms with van der Waals surface area (Å²) in [6.45, 7) is 0.894. The summed E-state index contributed by atoms with van der Waals surface area (Å²) in [5.41, 5.74) is 0. The largest absolute Gasteiger partial charge is 0.472 e. The summed E-state index contributed by atoms with van der Waals surface area (Å²) < 4.78 is 21.1. The van der Waals surface area contributed by atoms with E-state index in [2.05, 4.69) is 9.05 Å². The number of Topliss-reactive ketones (excluding diaryl/α,β-unsaturated/α-hetero) is 1. The van der Waals surface area contributed by atoms with Crippen molar-refractivity contribution in [2.24, 2.45) is 0 Å². The van der Waals surface area contributed by atoms with Gasteiger partial charge in [0.1, 0.15) is 25.9 Å². The topological polar surface area (TPSA) is 113 Å². The number of aliphatic hydroxyl groups is 2. The van der Waals surface area contributed by atoms with Crippen molar-refractivity contribution in [3.05, 3.63) is 0 Å². The van der Waals surface area contributed by atoms with Gasteiger partial charge in [0, 0.05) is 0 Å². The average molecular weight is 300 g/mol. The van der Waals surface area contributed by atoms with E-state index in [4.69, 9.17) is 5.11 Å². The third kappa shape index (κ3) is 9.23. The Balaban J connectivity index is 4.10. The van der Waals surface area contributed by atoms with E-state index in [9.17, 15) is 19.4 Å². The molecule has 0 aromatic heterocycles. The number of nitrogens with zero attached hydrogens (tertiary/aromatic N) is 1. The van der Waals surface area contributed by atoms with Gasteiger partial charge in [-0.25, -0.2) is 4.57 Å². The Labute approximate surface area is 112 Å². The zero-order chi connectivity index (χ0) is 15.3. The second-order valence-electron chi connectivity index (χ2n) is 5.24. The van der Waals surface area contributed by atoms with Crippen LogP contribution in [0.1, 0.15) is 6.92 Å². The standard InChI is InChI=1S/C10H22NO7P/c1-8(12)10(14)9(13)7-18-19(15,16)17-6-5-11(2,3)4/h8,10,12,14H,5-7H2,1-4H3/p+1. The van der Waals surface area contributed by atoms with E-state index in [0.29, 0.717) is 11.0 Å². The van der Waals surface area contributed by atoms with E-state index in [1.54, 1.807) is 0 Å². The van der Waals surface area contributed by atoms with Crippen LogP contribution in [0.5, 0.6) is 0 Å². The summed E-state index contributed by atoms with van der Waals surface area (Å²) in [4.78, 5) is 20.5. The van der Waals surface area contributed by atoms with Crippen molar-refractivity contribution >= 4 is 13.6 Å². The van der Waals surface area contributed by atoms with E-state index >= 15 is 0 Å². The molecular weight excluding hydrogens is 277 g/mol. The molecule has 0 amide bonds. The predicted molar refractivity (Wildman–Crippen MR) is 67.3 cm³/mol. The second kappa shape index (κ2) is 7.44. The number of hydrogen-bond acceptors (Lipinski definition) is 6. The van der Waals surface area contributed by atoms with Crippen molar-refractivity contribution in [1.82, 2.24) is 0 Å². The third-order valence-corrected chi connectivity index (χ3v) is 3.14. The van der Waals surface area contributed by atoms with Crippen molar-refractivity contribution in [2.75, 3.05) is 40.9 Å². The number of carbonyl (C=O) groups is 1. The Morgan fingerprint density at radius 2 is 1.79 bits per heavy atom. The van der Waals surface area contributed by atoms with Crippen LogP contribution in [0.15, 0.2) is 0 Å². The third-order valence-electron chi connectivity index (χ3n) is 2.17. The van der Waals surface area contributed by atoms with E-state index in [1.165, 1.54) is 6.92 Å². The van der Waals surface area contributed by atoms with Crippen LogP contribution in [0.25, 0.3) is 0 Å². The summed E-state index contributed by atoms with van der Waals surface area (Å²) in [5, 5.41) is 18.1. The highest BCUT2D eigenvalue weighted by Crippen LogP contribution is 2.42. The number of rotatable bonds is 9. The fraction of sp³-hybridized carbons (Fsp3) is 0.900. The number of aliphatic hydroxyl groups excluding tert-OH is 2. The normalized spacial score (nSPS) is 18.7. The van der Waals surface area contributed by atoms with Gasteiger partial charge in [-0.1, -0.05) is 0 Å². The Hall–Kier alpha value is -0.340. The van der Waals surface area contributed by atoms with Crippen molar-refractivity contribution in [1.29, 1.82) is 0 Å². The van der Waals surface area contributed by atoms with Gasteiger partial charge in [0.25, 0.3) is 0 Å². The zero-order valence-electron chi connectivity index (χ0n) is 11.6. The highest BCUT2D eigenvalue weighted by molar-refractivity contribution is 7.47. The second-order valence-corrected chi connectivity index (χ2v) is 6.69. The maximum absolute atomic E-state index is 11.4. The quantitative estimate of drug-likeness (QED) is 0.375. The molecule has 0 aliphatic carbocycles. The molecule has 0 fully saturated rings. The molecule has 9 heteroatoms. The van der Waals surface area contributed by atoms with Gasteiger partial charge in [0.2, 0.25) is 0 Å². The summed E-state index contributed by atoms with van der Waals surface area (Å²) >= 11 is 0. The predicted octanol–water partition coefficient (Wildman–Crippen LogP) is -0.863. The Bertz CT molecular complexity index is 339. The molecule has 3 atom stereocenters. The number of phosphoric ester groups is 1. The SMILES string of the molecule is CC(O)C(O)C(=O)COP(=O)(O)OCC[N+](C)(C)C. The lowest BCUT2D eigenvalue weighted by molar-refractivity contribution is -0.870. The zero-order valence-corrected chi connectivity index (χ0v) is 12.5. The number of hydrogen-bond donors (Lipinski definition) is 3. The lowest BCUT2D eigenvalue weighted by atomic mass is 10.1. The fourth-order valence-corrected chi connectivity index (χ4v) is 1.64. The Morgan fingerprint density at radius 3 is 2.21 bits per heavy atom. The number of ketones is 1. The van der Waals surface area contributed by atoms with E-state index < -0.39 is 32.4 Å². The first-order chi connectivity index (χ1) is 8.44. The molecular formula is C10H23NO7P+. The first-order valence-electron chi connectivity index (χ1n) is 5.76. The smallest absolute Gasteiger partial charge is 0.390 e. The van der Waals surface area contributed by atoms with E-state index in [-0.39, 0.29) is 6.61 Å². The minimum Gasteiger partial charge on any atom is -0.390 e. The van der Waals surface area contributed by atoms with E-state index in [0.717, 1.165) is 0 Å². The first kappa shape index (κ1) is 18.7. The Kier molecular flexibility index (Phi) is 7.31. The molecule has 0 aliphatic heterocycles. The van der Waals surface area contributed by atoms with Crippen LogP contribution in [0.3, 0.4) is 0 Å². The van der Waals surface area contributed by atoms with Gasteiger partial charge < -0.3 is 19.6 Å². The number of phosphoric acid groups is 1. The maximum atomic E-state index is 11.4. The molecule has 0 saturated heterocycles. The van der Waals surface area contributed by atoms with Crippen molar-refractivity contribution in [2.45, 2.75) is 19.1 Å². The minimum atomic E-state index is -4.33. The molecule has 3 unspecified atom stereocenters. The molecule has 3 N–H and O–H groups in total. The van der Waals surface area contributed by atoms with Gasteiger partial charge in [0.15, 0.2) is 5.78 Å². The van der Waals surface area contributed by atoms with Gasteiger partial charge in [-0.3, -0.25) is 13.8 Å². The molecule has 0 saturated carbocycles. The summed E-state index contributed by atoms with van der Waals surface area (Å²) in [5.74, 6) is -0.889. The van der Waals surface area contributed by atoms with Gasteiger partial charge in [-0.05, 0) is 6.92 Å². The highest BCUT2D eigenvalue weighted by atomic mass is 31.2. The lowest BCUT2D eigenvalue weighted by Gasteiger charge is -2.24.